The number of hydrogen-bond donors (Lipinski definition) is 0. The number of hydrogen-bond acceptors (Lipinski definition) is 3. The molecule has 4 heteroatoms. The Labute approximate surface area is 125 Å². The first kappa shape index (κ1) is 16.5. The average molecular weight is 301 g/mol. The third kappa shape index (κ3) is 3.64. The molecule has 0 bridgehead atoms. The first-order valence-electron chi connectivity index (χ1n) is 7.96. The summed E-state index contributed by atoms with van der Waals surface area (Å²) in [7, 11) is -1.66. The second kappa shape index (κ2) is 5.38. The Kier molecular flexibility index (Phi) is 4.43. The van der Waals surface area contributed by atoms with Crippen LogP contribution in [0.5, 0.6) is 0 Å². The SMILES string of the molecule is CC1(C)OC[C@@H]2CC(O[Si](C)(C)C(C)(C)C)C[C@@H]2CO1. The van der Waals surface area contributed by atoms with E-state index in [9.17, 15) is 0 Å². The zero-order chi connectivity index (χ0) is 15.2. The van der Waals surface area contributed by atoms with Gasteiger partial charge in [-0.25, -0.2) is 0 Å². The Morgan fingerprint density at radius 3 is 1.85 bits per heavy atom. The number of rotatable bonds is 2. The summed E-state index contributed by atoms with van der Waals surface area (Å²) < 4.78 is 18.3. The monoisotopic (exact) mass is 300 g/mol. The van der Waals surface area contributed by atoms with Crippen LogP contribution >= 0.6 is 0 Å². The maximum atomic E-state index is 6.58. The van der Waals surface area contributed by atoms with Crippen molar-refractivity contribution in [2.75, 3.05) is 13.2 Å². The normalized spacial score (nSPS) is 34.6. The average Bonchev–Trinajstić information content (AvgIpc) is 2.58. The zero-order valence-electron chi connectivity index (χ0n) is 14.3. The zero-order valence-corrected chi connectivity index (χ0v) is 15.3. The minimum atomic E-state index is -1.66. The molecule has 1 saturated heterocycles. The third-order valence-corrected chi connectivity index (χ3v) is 9.89. The Hall–Kier alpha value is 0.0969. The number of ether oxygens (including phenoxy) is 2. The largest absolute Gasteiger partial charge is 0.414 e. The molecule has 1 aliphatic heterocycles. The lowest BCUT2D eigenvalue weighted by Crippen LogP contribution is -2.43. The van der Waals surface area contributed by atoms with Crippen molar-refractivity contribution in [1.82, 2.24) is 0 Å². The molecule has 0 radical (unpaired) electrons. The molecule has 20 heavy (non-hydrogen) atoms. The quantitative estimate of drug-likeness (QED) is 0.716. The Morgan fingerprint density at radius 1 is 1.00 bits per heavy atom. The van der Waals surface area contributed by atoms with Crippen LogP contribution in [0.4, 0.5) is 0 Å². The Bertz CT molecular complexity index is 328. The lowest BCUT2D eigenvalue weighted by Gasteiger charge is -2.38. The summed E-state index contributed by atoms with van der Waals surface area (Å²) in [5, 5.41) is 0.284. The first-order valence-corrected chi connectivity index (χ1v) is 10.9. The van der Waals surface area contributed by atoms with Crippen molar-refractivity contribution in [1.29, 1.82) is 0 Å². The van der Waals surface area contributed by atoms with Crippen LogP contribution in [-0.4, -0.2) is 33.4 Å². The van der Waals surface area contributed by atoms with Crippen LogP contribution < -0.4 is 0 Å². The molecule has 0 aromatic carbocycles. The van der Waals surface area contributed by atoms with Crippen LogP contribution in [0, 0.1) is 11.8 Å². The Morgan fingerprint density at radius 2 is 1.45 bits per heavy atom. The van der Waals surface area contributed by atoms with Crippen molar-refractivity contribution >= 4 is 8.32 Å². The van der Waals surface area contributed by atoms with Gasteiger partial charge < -0.3 is 13.9 Å². The molecule has 0 spiro atoms. The van der Waals surface area contributed by atoms with E-state index in [0.717, 1.165) is 26.1 Å². The molecule has 0 aromatic rings. The number of fused-ring (bicyclic) bond motifs is 1. The van der Waals surface area contributed by atoms with E-state index in [1.807, 2.05) is 13.8 Å². The van der Waals surface area contributed by atoms with Gasteiger partial charge in [0.2, 0.25) is 0 Å². The molecule has 1 aliphatic carbocycles. The standard InChI is InChI=1S/C16H32O3Si/c1-15(2,3)20(6,7)19-14-8-12-10-17-16(4,5)18-11-13(12)9-14/h12-14H,8-11H2,1-7H3/t12-,13+,14?. The predicted molar refractivity (Wildman–Crippen MR) is 84.3 cm³/mol. The van der Waals surface area contributed by atoms with Gasteiger partial charge in [-0.15, -0.1) is 0 Å². The van der Waals surface area contributed by atoms with Crippen LogP contribution in [0.15, 0.2) is 0 Å². The molecule has 2 rings (SSSR count). The van der Waals surface area contributed by atoms with Crippen LogP contribution in [0.3, 0.4) is 0 Å². The highest BCUT2D eigenvalue weighted by Crippen LogP contribution is 2.43. The summed E-state index contributed by atoms with van der Waals surface area (Å²) in [5.74, 6) is 0.790. The van der Waals surface area contributed by atoms with Crippen molar-refractivity contribution in [2.24, 2.45) is 11.8 Å². The van der Waals surface area contributed by atoms with E-state index in [1.165, 1.54) is 0 Å². The van der Waals surface area contributed by atoms with Gasteiger partial charge in [0.25, 0.3) is 0 Å². The van der Waals surface area contributed by atoms with Crippen LogP contribution in [0.2, 0.25) is 18.1 Å². The van der Waals surface area contributed by atoms with Gasteiger partial charge in [0.1, 0.15) is 0 Å². The van der Waals surface area contributed by atoms with Gasteiger partial charge in [0, 0.05) is 6.10 Å². The van der Waals surface area contributed by atoms with Gasteiger partial charge in [-0.1, -0.05) is 20.8 Å². The molecule has 1 saturated carbocycles. The van der Waals surface area contributed by atoms with Gasteiger partial charge in [0.05, 0.1) is 13.2 Å². The first-order chi connectivity index (χ1) is 9.00. The van der Waals surface area contributed by atoms with Gasteiger partial charge in [0.15, 0.2) is 14.1 Å². The molecule has 3 nitrogen and oxygen atoms in total. The highest BCUT2D eigenvalue weighted by atomic mass is 28.4. The van der Waals surface area contributed by atoms with E-state index in [-0.39, 0.29) is 5.04 Å². The van der Waals surface area contributed by atoms with Gasteiger partial charge in [-0.05, 0) is 56.7 Å². The molecule has 2 aliphatic rings. The molecule has 3 atom stereocenters. The van der Waals surface area contributed by atoms with Crippen LogP contribution in [-0.2, 0) is 13.9 Å². The van der Waals surface area contributed by atoms with Crippen LogP contribution in [0.1, 0.15) is 47.5 Å². The lowest BCUT2D eigenvalue weighted by atomic mass is 9.98. The molecule has 2 fully saturated rings. The fraction of sp³-hybridized carbons (Fsp3) is 1.00. The Balaban J connectivity index is 1.94. The van der Waals surface area contributed by atoms with Crippen molar-refractivity contribution in [3.8, 4) is 0 Å². The maximum Gasteiger partial charge on any atom is 0.192 e. The lowest BCUT2D eigenvalue weighted by molar-refractivity contribution is -0.204. The van der Waals surface area contributed by atoms with E-state index >= 15 is 0 Å². The van der Waals surface area contributed by atoms with Gasteiger partial charge in [-0.3, -0.25) is 0 Å². The molecular formula is C16H32O3Si. The second-order valence-electron chi connectivity index (χ2n) is 8.51. The molecule has 0 aromatic heterocycles. The maximum absolute atomic E-state index is 6.58. The van der Waals surface area contributed by atoms with E-state index in [0.29, 0.717) is 17.9 Å². The summed E-state index contributed by atoms with van der Waals surface area (Å²) in [6, 6.07) is 0. The van der Waals surface area contributed by atoms with Crippen molar-refractivity contribution in [3.63, 3.8) is 0 Å². The van der Waals surface area contributed by atoms with Gasteiger partial charge >= 0.3 is 0 Å². The second-order valence-corrected chi connectivity index (χ2v) is 13.3. The van der Waals surface area contributed by atoms with E-state index < -0.39 is 14.1 Å². The van der Waals surface area contributed by atoms with Gasteiger partial charge in [-0.2, -0.15) is 0 Å². The summed E-state index contributed by atoms with van der Waals surface area (Å²) >= 11 is 0. The third-order valence-electron chi connectivity index (χ3n) is 5.36. The topological polar surface area (TPSA) is 27.7 Å². The molecule has 0 amide bonds. The van der Waals surface area contributed by atoms with E-state index in [1.54, 1.807) is 0 Å². The summed E-state index contributed by atoms with van der Waals surface area (Å²) in [6.45, 7) is 17.3. The highest BCUT2D eigenvalue weighted by molar-refractivity contribution is 6.74. The van der Waals surface area contributed by atoms with Crippen LogP contribution in [0.25, 0.3) is 0 Å². The predicted octanol–water partition coefficient (Wildman–Crippen LogP) is 4.19. The highest BCUT2D eigenvalue weighted by Gasteiger charge is 2.44. The minimum absolute atomic E-state index is 0.284. The smallest absolute Gasteiger partial charge is 0.192 e. The molecule has 0 N–H and O–H groups in total. The summed E-state index contributed by atoms with van der Waals surface area (Å²) in [5.41, 5.74) is 0. The van der Waals surface area contributed by atoms with E-state index in [4.69, 9.17) is 13.9 Å². The van der Waals surface area contributed by atoms with Crippen molar-refractivity contribution in [3.05, 3.63) is 0 Å². The molecule has 118 valence electrons. The summed E-state index contributed by atoms with van der Waals surface area (Å²) in [6.07, 6.45) is 2.67. The minimum Gasteiger partial charge on any atom is -0.414 e. The fourth-order valence-electron chi connectivity index (χ4n) is 2.91. The fourth-order valence-corrected chi connectivity index (χ4v) is 4.29. The van der Waals surface area contributed by atoms with Crippen molar-refractivity contribution < 1.29 is 13.9 Å². The van der Waals surface area contributed by atoms with E-state index in [2.05, 4.69) is 33.9 Å². The molecule has 1 heterocycles. The summed E-state index contributed by atoms with van der Waals surface area (Å²) in [4.78, 5) is 0. The molecule has 1 unspecified atom stereocenters. The molecular weight excluding hydrogens is 268 g/mol. The van der Waals surface area contributed by atoms with Crippen molar-refractivity contribution in [2.45, 2.75) is 77.5 Å².